The maximum atomic E-state index is 12.9. The van der Waals surface area contributed by atoms with E-state index in [9.17, 15) is 4.39 Å². The van der Waals surface area contributed by atoms with Crippen molar-refractivity contribution >= 4 is 5.82 Å². The molecule has 0 unspecified atom stereocenters. The fraction of sp³-hybridized carbons (Fsp3) is 0.500. The molecule has 76 valence electrons. The van der Waals surface area contributed by atoms with E-state index in [0.717, 1.165) is 0 Å². The quantitative estimate of drug-likeness (QED) is 0.715. The minimum absolute atomic E-state index is 0.0441. The minimum atomic E-state index is -0.611. The van der Waals surface area contributed by atoms with Crippen LogP contribution < -0.4 is 10.1 Å². The van der Waals surface area contributed by atoms with Crippen LogP contribution in [0, 0.1) is 5.95 Å². The third kappa shape index (κ3) is 1.90. The second-order valence-corrected chi connectivity index (χ2v) is 2.89. The van der Waals surface area contributed by atoms with Gasteiger partial charge in [-0.15, -0.1) is 0 Å². The molecule has 1 aliphatic heterocycles. The fourth-order valence-electron chi connectivity index (χ4n) is 1.01. The molecule has 2 heterocycles. The van der Waals surface area contributed by atoms with Gasteiger partial charge >= 0.3 is 6.01 Å². The summed E-state index contributed by atoms with van der Waals surface area (Å²) in [4.78, 5) is 7.44. The SMILES string of the molecule is CNc1cc(F)nc(OC2COC2)n1. The van der Waals surface area contributed by atoms with E-state index in [2.05, 4.69) is 15.3 Å². The Morgan fingerprint density at radius 1 is 1.57 bits per heavy atom. The van der Waals surface area contributed by atoms with Gasteiger partial charge in [0.25, 0.3) is 0 Å². The lowest BCUT2D eigenvalue weighted by molar-refractivity contribution is -0.0833. The van der Waals surface area contributed by atoms with Crippen LogP contribution in [0.1, 0.15) is 0 Å². The number of anilines is 1. The molecule has 0 atom stereocenters. The number of hydrogen-bond acceptors (Lipinski definition) is 5. The molecule has 0 bridgehead atoms. The molecule has 1 N–H and O–H groups in total. The smallest absolute Gasteiger partial charge is 0.321 e. The van der Waals surface area contributed by atoms with E-state index in [-0.39, 0.29) is 12.1 Å². The molecule has 1 aromatic heterocycles. The summed E-state index contributed by atoms with van der Waals surface area (Å²) in [6.45, 7) is 1.02. The fourth-order valence-corrected chi connectivity index (χ4v) is 1.01. The molecule has 6 heteroatoms. The van der Waals surface area contributed by atoms with Crippen molar-refractivity contribution in [2.75, 3.05) is 25.6 Å². The summed E-state index contributed by atoms with van der Waals surface area (Å²) in [7, 11) is 1.65. The highest BCUT2D eigenvalue weighted by Crippen LogP contribution is 2.14. The molecule has 1 aliphatic rings. The number of halogens is 1. The van der Waals surface area contributed by atoms with Crippen molar-refractivity contribution in [1.82, 2.24) is 9.97 Å². The van der Waals surface area contributed by atoms with Crippen LogP contribution in [0.15, 0.2) is 6.07 Å². The summed E-state index contributed by atoms with van der Waals surface area (Å²) in [6, 6.07) is 1.24. The van der Waals surface area contributed by atoms with Crippen LogP contribution in [0.3, 0.4) is 0 Å². The van der Waals surface area contributed by atoms with E-state index in [4.69, 9.17) is 9.47 Å². The molecule has 1 saturated heterocycles. The van der Waals surface area contributed by atoms with Crippen molar-refractivity contribution in [3.05, 3.63) is 12.0 Å². The van der Waals surface area contributed by atoms with Gasteiger partial charge in [0.1, 0.15) is 11.9 Å². The summed E-state index contributed by atoms with van der Waals surface area (Å²) < 4.78 is 23.0. The Balaban J connectivity index is 2.11. The number of rotatable bonds is 3. The van der Waals surface area contributed by atoms with Gasteiger partial charge in [0, 0.05) is 13.1 Å². The number of ether oxygens (including phenoxy) is 2. The zero-order valence-corrected chi connectivity index (χ0v) is 7.66. The normalized spacial score (nSPS) is 16.1. The van der Waals surface area contributed by atoms with E-state index in [0.29, 0.717) is 19.0 Å². The predicted molar refractivity (Wildman–Crippen MR) is 46.8 cm³/mol. The molecule has 14 heavy (non-hydrogen) atoms. The third-order valence-corrected chi connectivity index (χ3v) is 1.81. The standard InChI is InChI=1S/C8H10FN3O2/c1-10-7-2-6(9)11-8(12-7)14-5-3-13-4-5/h2,5H,3-4H2,1H3,(H,10,11,12). The largest absolute Gasteiger partial charge is 0.455 e. The second kappa shape index (κ2) is 3.75. The Bertz CT molecular complexity index is 330. The second-order valence-electron chi connectivity index (χ2n) is 2.89. The number of aromatic nitrogens is 2. The zero-order chi connectivity index (χ0) is 9.97. The predicted octanol–water partition coefficient (Wildman–Crippen LogP) is 0.435. The summed E-state index contributed by atoms with van der Waals surface area (Å²) in [5.41, 5.74) is 0. The van der Waals surface area contributed by atoms with E-state index in [1.165, 1.54) is 6.07 Å². The molecule has 0 amide bonds. The Kier molecular flexibility index (Phi) is 2.45. The molecule has 0 spiro atoms. The van der Waals surface area contributed by atoms with Gasteiger partial charge in [-0.25, -0.2) is 0 Å². The first-order chi connectivity index (χ1) is 6.78. The lowest BCUT2D eigenvalue weighted by Gasteiger charge is -2.25. The van der Waals surface area contributed by atoms with Crippen LogP contribution in [0.4, 0.5) is 10.2 Å². The van der Waals surface area contributed by atoms with E-state index >= 15 is 0 Å². The summed E-state index contributed by atoms with van der Waals surface area (Å²) in [6.07, 6.45) is -0.0542. The average Bonchev–Trinajstić information content (AvgIpc) is 2.10. The Labute approximate surface area is 80.3 Å². The Morgan fingerprint density at radius 2 is 2.36 bits per heavy atom. The molecule has 0 aliphatic carbocycles. The molecular formula is C8H10FN3O2. The Morgan fingerprint density at radius 3 is 2.93 bits per heavy atom. The highest BCUT2D eigenvalue weighted by atomic mass is 19.1. The van der Waals surface area contributed by atoms with Crippen LogP contribution >= 0.6 is 0 Å². The average molecular weight is 199 g/mol. The van der Waals surface area contributed by atoms with Crippen molar-refractivity contribution in [3.63, 3.8) is 0 Å². The molecule has 0 aromatic carbocycles. The highest BCUT2D eigenvalue weighted by Gasteiger charge is 2.21. The van der Waals surface area contributed by atoms with Crippen molar-refractivity contribution in [2.45, 2.75) is 6.10 Å². The van der Waals surface area contributed by atoms with Gasteiger partial charge < -0.3 is 14.8 Å². The van der Waals surface area contributed by atoms with Crippen molar-refractivity contribution in [3.8, 4) is 6.01 Å². The van der Waals surface area contributed by atoms with Gasteiger partial charge in [-0.3, -0.25) is 0 Å². The summed E-state index contributed by atoms with van der Waals surface area (Å²) >= 11 is 0. The van der Waals surface area contributed by atoms with Gasteiger partial charge in [0.15, 0.2) is 0 Å². The topological polar surface area (TPSA) is 56.3 Å². The van der Waals surface area contributed by atoms with E-state index < -0.39 is 5.95 Å². The van der Waals surface area contributed by atoms with Gasteiger partial charge in [-0.1, -0.05) is 0 Å². The summed E-state index contributed by atoms with van der Waals surface area (Å²) in [5.74, 6) is -0.215. The molecule has 0 saturated carbocycles. The van der Waals surface area contributed by atoms with Crippen LogP contribution in [-0.4, -0.2) is 36.3 Å². The minimum Gasteiger partial charge on any atom is -0.455 e. The van der Waals surface area contributed by atoms with Crippen LogP contribution in [0.25, 0.3) is 0 Å². The monoisotopic (exact) mass is 199 g/mol. The lowest BCUT2D eigenvalue weighted by Crippen LogP contribution is -2.39. The first-order valence-corrected chi connectivity index (χ1v) is 4.24. The number of nitrogens with one attached hydrogen (secondary N) is 1. The van der Waals surface area contributed by atoms with Crippen molar-refractivity contribution in [1.29, 1.82) is 0 Å². The van der Waals surface area contributed by atoms with E-state index in [1.807, 2.05) is 0 Å². The van der Waals surface area contributed by atoms with Gasteiger partial charge in [-0.2, -0.15) is 14.4 Å². The molecule has 2 rings (SSSR count). The molecule has 5 nitrogen and oxygen atoms in total. The molecule has 0 radical (unpaired) electrons. The van der Waals surface area contributed by atoms with Gasteiger partial charge in [0.2, 0.25) is 5.95 Å². The number of nitrogens with zero attached hydrogens (tertiary/aromatic N) is 2. The first-order valence-electron chi connectivity index (χ1n) is 4.24. The van der Waals surface area contributed by atoms with Crippen LogP contribution in [0.2, 0.25) is 0 Å². The zero-order valence-electron chi connectivity index (χ0n) is 7.66. The first kappa shape index (κ1) is 9.14. The maximum Gasteiger partial charge on any atom is 0.321 e. The maximum absolute atomic E-state index is 12.9. The molecule has 1 fully saturated rings. The third-order valence-electron chi connectivity index (χ3n) is 1.81. The Hall–Kier alpha value is -1.43. The van der Waals surface area contributed by atoms with Gasteiger partial charge in [-0.05, 0) is 0 Å². The molecular weight excluding hydrogens is 189 g/mol. The lowest BCUT2D eigenvalue weighted by atomic mass is 10.3. The molecule has 1 aromatic rings. The van der Waals surface area contributed by atoms with Crippen LogP contribution in [0.5, 0.6) is 6.01 Å². The summed E-state index contributed by atoms with van der Waals surface area (Å²) in [5, 5.41) is 2.72. The number of hydrogen-bond donors (Lipinski definition) is 1. The van der Waals surface area contributed by atoms with Gasteiger partial charge in [0.05, 0.1) is 13.2 Å². The van der Waals surface area contributed by atoms with Crippen molar-refractivity contribution in [2.24, 2.45) is 0 Å². The van der Waals surface area contributed by atoms with E-state index in [1.54, 1.807) is 7.05 Å². The van der Waals surface area contributed by atoms with Crippen molar-refractivity contribution < 1.29 is 13.9 Å². The van der Waals surface area contributed by atoms with Crippen LogP contribution in [-0.2, 0) is 4.74 Å². The highest BCUT2D eigenvalue weighted by molar-refractivity contribution is 5.33.